The molecule has 2 unspecified atom stereocenters. The first-order chi connectivity index (χ1) is 6.44. The SMILES string of the molecule is CN(CC(N)CO)C1CCS(=O)(=O)C1. The van der Waals surface area contributed by atoms with Gasteiger partial charge in [0.1, 0.15) is 0 Å². The Hall–Kier alpha value is -0.170. The molecule has 0 bridgehead atoms. The Morgan fingerprint density at radius 1 is 1.64 bits per heavy atom. The number of nitrogens with zero attached hydrogens (tertiary/aromatic N) is 1. The van der Waals surface area contributed by atoms with Gasteiger partial charge in [-0.1, -0.05) is 0 Å². The maximum absolute atomic E-state index is 11.2. The number of aliphatic hydroxyl groups excluding tert-OH is 1. The lowest BCUT2D eigenvalue weighted by Crippen LogP contribution is -2.43. The zero-order chi connectivity index (χ0) is 10.8. The fourth-order valence-corrected chi connectivity index (χ4v) is 3.50. The first-order valence-corrected chi connectivity index (χ1v) is 6.54. The number of aliphatic hydroxyl groups is 1. The lowest BCUT2D eigenvalue weighted by Gasteiger charge is -2.25. The molecule has 1 saturated heterocycles. The van der Waals surface area contributed by atoms with Gasteiger partial charge in [0.05, 0.1) is 18.1 Å². The van der Waals surface area contributed by atoms with Crippen molar-refractivity contribution in [3.8, 4) is 0 Å². The standard InChI is InChI=1S/C8H18N2O3S/c1-10(4-7(9)5-11)8-2-3-14(12,13)6-8/h7-8,11H,2-6,9H2,1H3. The van der Waals surface area contributed by atoms with E-state index in [0.717, 1.165) is 0 Å². The van der Waals surface area contributed by atoms with E-state index in [1.165, 1.54) is 0 Å². The zero-order valence-electron chi connectivity index (χ0n) is 8.39. The van der Waals surface area contributed by atoms with E-state index in [0.29, 0.717) is 13.0 Å². The minimum atomic E-state index is -2.83. The molecule has 0 aromatic heterocycles. The summed E-state index contributed by atoms with van der Waals surface area (Å²) in [5, 5.41) is 8.76. The lowest BCUT2D eigenvalue weighted by atomic mass is 10.2. The van der Waals surface area contributed by atoms with Gasteiger partial charge < -0.3 is 15.7 Å². The average Bonchev–Trinajstić information content (AvgIpc) is 2.46. The topological polar surface area (TPSA) is 83.6 Å². The summed E-state index contributed by atoms with van der Waals surface area (Å²) in [4.78, 5) is 1.92. The quantitative estimate of drug-likeness (QED) is 0.600. The van der Waals surface area contributed by atoms with Crippen molar-refractivity contribution in [2.45, 2.75) is 18.5 Å². The second kappa shape index (κ2) is 4.57. The highest BCUT2D eigenvalue weighted by molar-refractivity contribution is 7.91. The van der Waals surface area contributed by atoms with Crippen molar-refractivity contribution in [1.29, 1.82) is 0 Å². The number of hydrogen-bond acceptors (Lipinski definition) is 5. The van der Waals surface area contributed by atoms with Crippen molar-refractivity contribution in [2.75, 3.05) is 31.7 Å². The van der Waals surface area contributed by atoms with Crippen LogP contribution in [-0.2, 0) is 9.84 Å². The molecule has 1 aliphatic heterocycles. The second-order valence-corrected chi connectivity index (χ2v) is 6.17. The second-order valence-electron chi connectivity index (χ2n) is 3.94. The lowest BCUT2D eigenvalue weighted by molar-refractivity contribution is 0.196. The van der Waals surface area contributed by atoms with Gasteiger partial charge in [-0.15, -0.1) is 0 Å². The summed E-state index contributed by atoms with van der Waals surface area (Å²) >= 11 is 0. The predicted molar refractivity (Wildman–Crippen MR) is 54.8 cm³/mol. The maximum atomic E-state index is 11.2. The highest BCUT2D eigenvalue weighted by atomic mass is 32.2. The number of nitrogens with two attached hydrogens (primary N) is 1. The molecule has 0 aromatic rings. The molecule has 84 valence electrons. The van der Waals surface area contributed by atoms with Crippen LogP contribution in [0.5, 0.6) is 0 Å². The minimum absolute atomic E-state index is 0.0657. The van der Waals surface area contributed by atoms with E-state index in [-0.39, 0.29) is 30.2 Å². The van der Waals surface area contributed by atoms with Gasteiger partial charge in [0.15, 0.2) is 9.84 Å². The number of rotatable bonds is 4. The Morgan fingerprint density at radius 3 is 2.71 bits per heavy atom. The van der Waals surface area contributed by atoms with Crippen LogP contribution in [0.15, 0.2) is 0 Å². The molecular formula is C8H18N2O3S. The fourth-order valence-electron chi connectivity index (χ4n) is 1.70. The van der Waals surface area contributed by atoms with E-state index in [4.69, 9.17) is 10.8 Å². The van der Waals surface area contributed by atoms with Crippen LogP contribution in [0, 0.1) is 0 Å². The summed E-state index contributed by atoms with van der Waals surface area (Å²) in [5.41, 5.74) is 5.57. The first kappa shape index (κ1) is 11.9. The Morgan fingerprint density at radius 2 is 2.29 bits per heavy atom. The third-order valence-corrected chi connectivity index (χ3v) is 4.34. The summed E-state index contributed by atoms with van der Waals surface area (Å²) < 4.78 is 22.4. The summed E-state index contributed by atoms with van der Waals surface area (Å²) in [5.74, 6) is 0.498. The van der Waals surface area contributed by atoms with Gasteiger partial charge >= 0.3 is 0 Å². The Balaban J connectivity index is 2.43. The van der Waals surface area contributed by atoms with Gasteiger partial charge in [-0.3, -0.25) is 0 Å². The van der Waals surface area contributed by atoms with Crippen LogP contribution >= 0.6 is 0 Å². The van der Waals surface area contributed by atoms with Crippen molar-refractivity contribution in [3.63, 3.8) is 0 Å². The molecule has 5 nitrogen and oxygen atoms in total. The summed E-state index contributed by atoms with van der Waals surface area (Å²) in [6, 6.07) is -0.221. The molecule has 2 atom stereocenters. The molecule has 0 amide bonds. The molecule has 3 N–H and O–H groups in total. The van der Waals surface area contributed by atoms with Gasteiger partial charge in [0.2, 0.25) is 0 Å². The van der Waals surface area contributed by atoms with E-state index in [2.05, 4.69) is 0 Å². The highest BCUT2D eigenvalue weighted by Gasteiger charge is 2.30. The van der Waals surface area contributed by atoms with Crippen molar-refractivity contribution in [2.24, 2.45) is 5.73 Å². The van der Waals surface area contributed by atoms with Crippen LogP contribution in [0.1, 0.15) is 6.42 Å². The molecule has 1 heterocycles. The van der Waals surface area contributed by atoms with Crippen LogP contribution in [0.3, 0.4) is 0 Å². The number of likely N-dealkylation sites (N-methyl/N-ethyl adjacent to an activating group) is 1. The summed E-state index contributed by atoms with van der Waals surface area (Å²) in [6.07, 6.45) is 0.678. The van der Waals surface area contributed by atoms with Crippen LogP contribution in [0.4, 0.5) is 0 Å². The fraction of sp³-hybridized carbons (Fsp3) is 1.00. The predicted octanol–water partition coefficient (Wildman–Crippen LogP) is -1.58. The normalized spacial score (nSPS) is 28.1. The molecule has 6 heteroatoms. The molecule has 14 heavy (non-hydrogen) atoms. The first-order valence-electron chi connectivity index (χ1n) is 4.71. The third kappa shape index (κ3) is 3.20. The largest absolute Gasteiger partial charge is 0.395 e. The zero-order valence-corrected chi connectivity index (χ0v) is 9.20. The number of sulfone groups is 1. The Bertz CT molecular complexity index is 278. The highest BCUT2D eigenvalue weighted by Crippen LogP contribution is 2.16. The van der Waals surface area contributed by atoms with Gasteiger partial charge in [-0.25, -0.2) is 8.42 Å². The molecule has 0 saturated carbocycles. The summed E-state index contributed by atoms with van der Waals surface area (Å²) in [6.45, 7) is 0.473. The van der Waals surface area contributed by atoms with E-state index in [1.807, 2.05) is 11.9 Å². The van der Waals surface area contributed by atoms with E-state index >= 15 is 0 Å². The molecule has 0 radical (unpaired) electrons. The van der Waals surface area contributed by atoms with Crippen molar-refractivity contribution in [1.82, 2.24) is 4.90 Å². The molecule has 0 aliphatic carbocycles. The van der Waals surface area contributed by atoms with Crippen LogP contribution in [0.25, 0.3) is 0 Å². The minimum Gasteiger partial charge on any atom is -0.395 e. The third-order valence-electron chi connectivity index (χ3n) is 2.59. The van der Waals surface area contributed by atoms with Crippen molar-refractivity contribution in [3.05, 3.63) is 0 Å². The van der Waals surface area contributed by atoms with Crippen molar-refractivity contribution >= 4 is 9.84 Å². The number of hydrogen-bond donors (Lipinski definition) is 2. The van der Waals surface area contributed by atoms with Gasteiger partial charge in [0.25, 0.3) is 0 Å². The molecule has 1 rings (SSSR count). The van der Waals surface area contributed by atoms with Crippen LogP contribution in [0.2, 0.25) is 0 Å². The van der Waals surface area contributed by atoms with E-state index in [1.54, 1.807) is 0 Å². The molecule has 0 spiro atoms. The van der Waals surface area contributed by atoms with E-state index in [9.17, 15) is 8.42 Å². The molecule has 0 aromatic carbocycles. The molecule has 1 aliphatic rings. The average molecular weight is 222 g/mol. The van der Waals surface area contributed by atoms with Crippen LogP contribution < -0.4 is 5.73 Å². The van der Waals surface area contributed by atoms with Gasteiger partial charge in [-0.05, 0) is 13.5 Å². The molecule has 1 fully saturated rings. The monoisotopic (exact) mass is 222 g/mol. The van der Waals surface area contributed by atoms with Gasteiger partial charge in [0, 0.05) is 18.6 Å². The van der Waals surface area contributed by atoms with Crippen LogP contribution in [-0.4, -0.2) is 62.2 Å². The molecular weight excluding hydrogens is 204 g/mol. The van der Waals surface area contributed by atoms with Gasteiger partial charge in [-0.2, -0.15) is 0 Å². The summed E-state index contributed by atoms with van der Waals surface area (Å²) in [7, 11) is -0.980. The Kier molecular flexibility index (Phi) is 3.88. The van der Waals surface area contributed by atoms with Crippen molar-refractivity contribution < 1.29 is 13.5 Å². The maximum Gasteiger partial charge on any atom is 0.151 e. The Labute approximate surface area is 84.8 Å². The smallest absolute Gasteiger partial charge is 0.151 e. The van der Waals surface area contributed by atoms with E-state index < -0.39 is 9.84 Å².